The monoisotopic (exact) mass is 311 g/mol. The van der Waals surface area contributed by atoms with E-state index in [1.54, 1.807) is 6.33 Å². The number of nitrogens with zero attached hydrogens (tertiary/aromatic N) is 5. The number of aryl methyl sites for hydroxylation is 2. The van der Waals surface area contributed by atoms with Crippen LogP contribution in [0.15, 0.2) is 12.4 Å². The van der Waals surface area contributed by atoms with Gasteiger partial charge in [-0.15, -0.1) is 0 Å². The molecular formula is C18H25N5. The Kier molecular flexibility index (Phi) is 3.89. The third kappa shape index (κ3) is 2.78. The molecule has 5 nitrogen and oxygen atoms in total. The molecule has 1 saturated carbocycles. The Hall–Kier alpha value is -1.75. The topological polar surface area (TPSA) is 45.2 Å². The fourth-order valence-electron chi connectivity index (χ4n) is 4.20. The van der Waals surface area contributed by atoms with Crippen LogP contribution in [0, 0.1) is 13.8 Å². The van der Waals surface area contributed by atoms with Crippen molar-refractivity contribution in [3.8, 4) is 0 Å². The van der Waals surface area contributed by atoms with Gasteiger partial charge in [-0.1, -0.05) is 12.8 Å². The molecule has 23 heavy (non-hydrogen) atoms. The van der Waals surface area contributed by atoms with Gasteiger partial charge in [0.15, 0.2) is 5.65 Å². The molecule has 1 aliphatic heterocycles. The Morgan fingerprint density at radius 1 is 1.00 bits per heavy atom. The van der Waals surface area contributed by atoms with Crippen LogP contribution < -0.4 is 4.90 Å². The zero-order chi connectivity index (χ0) is 15.8. The highest BCUT2D eigenvalue weighted by Crippen LogP contribution is 2.28. The summed E-state index contributed by atoms with van der Waals surface area (Å²) in [5.41, 5.74) is 3.07. The molecule has 0 spiro atoms. The van der Waals surface area contributed by atoms with Crippen molar-refractivity contribution in [1.82, 2.24) is 19.9 Å². The van der Waals surface area contributed by atoms with E-state index < -0.39 is 0 Å². The minimum atomic E-state index is 0.824. The number of hydrogen-bond acceptors (Lipinski definition) is 5. The quantitative estimate of drug-likeness (QED) is 0.853. The second kappa shape index (κ2) is 6.04. The Morgan fingerprint density at radius 2 is 1.74 bits per heavy atom. The average molecular weight is 311 g/mol. The number of anilines is 1. The van der Waals surface area contributed by atoms with E-state index in [0.29, 0.717) is 0 Å². The van der Waals surface area contributed by atoms with Crippen molar-refractivity contribution in [3.05, 3.63) is 23.7 Å². The Balaban J connectivity index is 1.58. The molecule has 0 radical (unpaired) electrons. The molecule has 2 fully saturated rings. The molecule has 2 aromatic rings. The lowest BCUT2D eigenvalue weighted by molar-refractivity contribution is 0.187. The summed E-state index contributed by atoms with van der Waals surface area (Å²) in [6.07, 6.45) is 7.25. The van der Waals surface area contributed by atoms with Gasteiger partial charge in [0.2, 0.25) is 0 Å². The summed E-state index contributed by atoms with van der Waals surface area (Å²) in [6, 6.07) is 2.95. The van der Waals surface area contributed by atoms with Crippen molar-refractivity contribution in [3.63, 3.8) is 0 Å². The zero-order valence-corrected chi connectivity index (χ0v) is 14.1. The number of piperazine rings is 1. The number of rotatable bonds is 2. The van der Waals surface area contributed by atoms with Gasteiger partial charge in [-0.3, -0.25) is 4.90 Å². The normalized spacial score (nSPS) is 20.5. The summed E-state index contributed by atoms with van der Waals surface area (Å²) in [4.78, 5) is 18.7. The van der Waals surface area contributed by atoms with E-state index in [0.717, 1.165) is 54.8 Å². The van der Waals surface area contributed by atoms with Crippen LogP contribution in [0.3, 0.4) is 0 Å². The molecule has 1 aliphatic carbocycles. The third-order valence-electron chi connectivity index (χ3n) is 5.36. The summed E-state index contributed by atoms with van der Waals surface area (Å²) >= 11 is 0. The number of aromatic nitrogens is 3. The van der Waals surface area contributed by atoms with Crippen LogP contribution in [0.4, 0.5) is 5.82 Å². The minimum Gasteiger partial charge on any atom is -0.353 e. The summed E-state index contributed by atoms with van der Waals surface area (Å²) in [7, 11) is 0. The molecule has 0 atom stereocenters. The molecule has 122 valence electrons. The first-order valence-electron chi connectivity index (χ1n) is 8.80. The third-order valence-corrected chi connectivity index (χ3v) is 5.36. The van der Waals surface area contributed by atoms with Crippen LogP contribution in [0.1, 0.15) is 36.9 Å². The van der Waals surface area contributed by atoms with E-state index in [1.165, 1.54) is 31.2 Å². The van der Waals surface area contributed by atoms with E-state index in [1.807, 2.05) is 6.92 Å². The highest BCUT2D eigenvalue weighted by Gasteiger charge is 2.27. The number of fused-ring (bicyclic) bond motifs is 1. The lowest BCUT2D eigenvalue weighted by Gasteiger charge is -2.38. The molecule has 2 aliphatic rings. The summed E-state index contributed by atoms with van der Waals surface area (Å²) in [6.45, 7) is 8.56. The fraction of sp³-hybridized carbons (Fsp3) is 0.611. The lowest BCUT2D eigenvalue weighted by Crippen LogP contribution is -2.50. The largest absolute Gasteiger partial charge is 0.353 e. The molecule has 0 aromatic carbocycles. The SMILES string of the molecule is Cc1cc(C)c2c(N3CCN(C4CCCC4)CC3)ncnc2n1. The first-order valence-corrected chi connectivity index (χ1v) is 8.80. The highest BCUT2D eigenvalue weighted by molar-refractivity contribution is 5.90. The standard InChI is InChI=1S/C18H25N5/c1-13-11-14(2)21-17-16(13)18(20-12-19-17)23-9-7-22(8-10-23)15-5-3-4-6-15/h11-12,15H,3-10H2,1-2H3. The van der Waals surface area contributed by atoms with Crippen LogP contribution in [0.5, 0.6) is 0 Å². The van der Waals surface area contributed by atoms with Gasteiger partial charge in [-0.25, -0.2) is 15.0 Å². The van der Waals surface area contributed by atoms with Gasteiger partial charge >= 0.3 is 0 Å². The van der Waals surface area contributed by atoms with Gasteiger partial charge in [0.05, 0.1) is 5.39 Å². The van der Waals surface area contributed by atoms with E-state index in [-0.39, 0.29) is 0 Å². The number of hydrogen-bond donors (Lipinski definition) is 0. The molecule has 0 N–H and O–H groups in total. The van der Waals surface area contributed by atoms with Crippen molar-refractivity contribution in [1.29, 1.82) is 0 Å². The first-order chi connectivity index (χ1) is 11.2. The maximum atomic E-state index is 4.60. The van der Waals surface area contributed by atoms with Gasteiger partial charge in [0.1, 0.15) is 12.1 Å². The zero-order valence-electron chi connectivity index (χ0n) is 14.1. The van der Waals surface area contributed by atoms with Crippen molar-refractivity contribution < 1.29 is 0 Å². The van der Waals surface area contributed by atoms with Crippen LogP contribution >= 0.6 is 0 Å². The van der Waals surface area contributed by atoms with Gasteiger partial charge in [0.25, 0.3) is 0 Å². The van der Waals surface area contributed by atoms with Crippen LogP contribution in [-0.4, -0.2) is 52.1 Å². The Labute approximate surface area is 137 Å². The van der Waals surface area contributed by atoms with Crippen molar-refractivity contribution in [2.45, 2.75) is 45.6 Å². The van der Waals surface area contributed by atoms with Crippen LogP contribution in [0.2, 0.25) is 0 Å². The molecular weight excluding hydrogens is 286 g/mol. The van der Waals surface area contributed by atoms with Crippen molar-refractivity contribution in [2.24, 2.45) is 0 Å². The molecule has 1 saturated heterocycles. The lowest BCUT2D eigenvalue weighted by atomic mass is 10.1. The average Bonchev–Trinajstić information content (AvgIpc) is 3.08. The predicted octanol–water partition coefficient (Wildman–Crippen LogP) is 2.71. The van der Waals surface area contributed by atoms with Gasteiger partial charge in [-0.05, 0) is 38.3 Å². The number of pyridine rings is 1. The van der Waals surface area contributed by atoms with Crippen molar-refractivity contribution in [2.75, 3.05) is 31.1 Å². The summed E-state index contributed by atoms with van der Waals surface area (Å²) in [5, 5.41) is 1.12. The van der Waals surface area contributed by atoms with E-state index in [2.05, 4.69) is 37.7 Å². The maximum absolute atomic E-state index is 4.60. The van der Waals surface area contributed by atoms with E-state index in [4.69, 9.17) is 0 Å². The van der Waals surface area contributed by atoms with E-state index in [9.17, 15) is 0 Å². The Morgan fingerprint density at radius 3 is 2.48 bits per heavy atom. The minimum absolute atomic E-state index is 0.824. The molecule has 3 heterocycles. The maximum Gasteiger partial charge on any atom is 0.165 e. The first kappa shape index (κ1) is 14.8. The predicted molar refractivity (Wildman–Crippen MR) is 92.8 cm³/mol. The van der Waals surface area contributed by atoms with Gasteiger partial charge in [-0.2, -0.15) is 0 Å². The van der Waals surface area contributed by atoms with E-state index >= 15 is 0 Å². The van der Waals surface area contributed by atoms with Gasteiger partial charge in [0, 0.05) is 37.9 Å². The van der Waals surface area contributed by atoms with Crippen LogP contribution in [-0.2, 0) is 0 Å². The summed E-state index contributed by atoms with van der Waals surface area (Å²) < 4.78 is 0. The fourth-order valence-corrected chi connectivity index (χ4v) is 4.20. The molecule has 0 unspecified atom stereocenters. The Bertz CT molecular complexity index is 700. The highest BCUT2D eigenvalue weighted by atomic mass is 15.3. The second-order valence-corrected chi connectivity index (χ2v) is 6.94. The van der Waals surface area contributed by atoms with Gasteiger partial charge < -0.3 is 4.90 Å². The van der Waals surface area contributed by atoms with Crippen molar-refractivity contribution >= 4 is 16.9 Å². The molecule has 0 bridgehead atoms. The second-order valence-electron chi connectivity index (χ2n) is 6.94. The molecule has 5 heteroatoms. The molecule has 0 amide bonds. The molecule has 2 aromatic heterocycles. The van der Waals surface area contributed by atoms with Crippen LogP contribution in [0.25, 0.3) is 11.0 Å². The molecule has 4 rings (SSSR count). The summed E-state index contributed by atoms with van der Waals surface area (Å²) in [5.74, 6) is 1.06. The smallest absolute Gasteiger partial charge is 0.165 e.